The molecule has 0 radical (unpaired) electrons. The van der Waals surface area contributed by atoms with E-state index in [1.54, 1.807) is 0 Å². The van der Waals surface area contributed by atoms with Gasteiger partial charge in [-0.15, -0.1) is 0 Å². The highest BCUT2D eigenvalue weighted by molar-refractivity contribution is 5.78. The molecule has 1 atom stereocenters. The lowest BCUT2D eigenvalue weighted by Crippen LogP contribution is -2.50. The number of amides is 1. The van der Waals surface area contributed by atoms with Gasteiger partial charge in [0.05, 0.1) is 6.54 Å². The van der Waals surface area contributed by atoms with Crippen LogP contribution in [0.1, 0.15) is 38.5 Å². The number of carbonyl (C=O) groups excluding carboxylic acids is 1. The number of hydrogen-bond acceptors (Lipinski definition) is 4. The minimum Gasteiger partial charge on any atom is -0.480 e. The van der Waals surface area contributed by atoms with Crippen LogP contribution in [0.4, 0.5) is 0 Å². The van der Waals surface area contributed by atoms with Crippen LogP contribution < -0.4 is 5.32 Å². The number of piperidine rings is 1. The Bertz CT molecular complexity index is 403. The van der Waals surface area contributed by atoms with E-state index >= 15 is 0 Å². The van der Waals surface area contributed by atoms with Gasteiger partial charge >= 0.3 is 5.97 Å². The number of likely N-dealkylation sites (tertiary alicyclic amines) is 2. The number of rotatable bonds is 5. The lowest BCUT2D eigenvalue weighted by Gasteiger charge is -2.38. The molecule has 0 aromatic rings. The second-order valence-electron chi connectivity index (χ2n) is 6.58. The molecular weight excluding hydrogens is 270 g/mol. The molecule has 2 N–H and O–H groups in total. The molecule has 1 amide bonds. The maximum Gasteiger partial charge on any atom is 0.320 e. The van der Waals surface area contributed by atoms with E-state index in [-0.39, 0.29) is 11.9 Å². The van der Waals surface area contributed by atoms with Crippen LogP contribution in [-0.4, -0.2) is 71.1 Å². The maximum atomic E-state index is 11.8. The monoisotopic (exact) mass is 295 g/mol. The highest BCUT2D eigenvalue weighted by Crippen LogP contribution is 2.26. The number of aliphatic carboxylic acids is 1. The molecule has 1 unspecified atom stereocenters. The summed E-state index contributed by atoms with van der Waals surface area (Å²) < 4.78 is 0. The molecule has 2 saturated heterocycles. The fraction of sp³-hybridized carbons (Fsp3) is 0.867. The van der Waals surface area contributed by atoms with Gasteiger partial charge in [0, 0.05) is 25.2 Å². The van der Waals surface area contributed by atoms with Gasteiger partial charge in [0.25, 0.3) is 0 Å². The Labute approximate surface area is 125 Å². The highest BCUT2D eigenvalue weighted by Gasteiger charge is 2.36. The largest absolute Gasteiger partial charge is 0.480 e. The summed E-state index contributed by atoms with van der Waals surface area (Å²) in [5, 5.41) is 12.3. The molecule has 1 saturated carbocycles. The lowest BCUT2D eigenvalue weighted by molar-refractivity contribution is -0.143. The molecule has 3 fully saturated rings. The predicted octanol–water partition coefficient (Wildman–Crippen LogP) is 0.278. The van der Waals surface area contributed by atoms with Crippen LogP contribution in [0.3, 0.4) is 0 Å². The van der Waals surface area contributed by atoms with E-state index in [0.29, 0.717) is 18.6 Å². The summed E-state index contributed by atoms with van der Waals surface area (Å²) >= 11 is 0. The van der Waals surface area contributed by atoms with Gasteiger partial charge in [-0.1, -0.05) is 0 Å². The summed E-state index contributed by atoms with van der Waals surface area (Å²) in [6.45, 7) is 3.19. The van der Waals surface area contributed by atoms with Gasteiger partial charge in [-0.2, -0.15) is 0 Å². The van der Waals surface area contributed by atoms with Gasteiger partial charge in [-0.25, -0.2) is 0 Å². The van der Waals surface area contributed by atoms with Gasteiger partial charge in [0.15, 0.2) is 0 Å². The topological polar surface area (TPSA) is 72.9 Å². The third kappa shape index (κ3) is 3.74. The van der Waals surface area contributed by atoms with E-state index in [9.17, 15) is 14.7 Å². The zero-order valence-corrected chi connectivity index (χ0v) is 12.5. The first-order valence-electron chi connectivity index (χ1n) is 8.14. The third-order valence-electron chi connectivity index (χ3n) is 4.92. The summed E-state index contributed by atoms with van der Waals surface area (Å²) in [5.74, 6) is -0.542. The Kier molecular flexibility index (Phi) is 4.45. The van der Waals surface area contributed by atoms with Crippen LogP contribution in [0.15, 0.2) is 0 Å². The van der Waals surface area contributed by atoms with Gasteiger partial charge in [0.1, 0.15) is 6.04 Å². The smallest absolute Gasteiger partial charge is 0.320 e. The van der Waals surface area contributed by atoms with Crippen LogP contribution in [-0.2, 0) is 9.59 Å². The molecule has 0 aromatic heterocycles. The zero-order valence-electron chi connectivity index (χ0n) is 12.5. The Balaban J connectivity index is 1.44. The van der Waals surface area contributed by atoms with Gasteiger partial charge in [-0.3, -0.25) is 19.4 Å². The van der Waals surface area contributed by atoms with Crippen molar-refractivity contribution in [2.75, 3.05) is 26.2 Å². The second-order valence-corrected chi connectivity index (χ2v) is 6.58. The average Bonchev–Trinajstić information content (AvgIpc) is 3.12. The van der Waals surface area contributed by atoms with Crippen molar-refractivity contribution >= 4 is 11.9 Å². The first-order valence-corrected chi connectivity index (χ1v) is 8.14. The molecule has 0 aromatic carbocycles. The van der Waals surface area contributed by atoms with Crippen molar-refractivity contribution in [3.8, 4) is 0 Å². The van der Waals surface area contributed by atoms with Crippen LogP contribution in [0, 0.1) is 0 Å². The third-order valence-corrected chi connectivity index (χ3v) is 4.92. The normalized spacial score (nSPS) is 28.7. The second kappa shape index (κ2) is 6.32. The van der Waals surface area contributed by atoms with Crippen molar-refractivity contribution in [3.63, 3.8) is 0 Å². The minimum absolute atomic E-state index is 0.139. The van der Waals surface area contributed by atoms with Crippen molar-refractivity contribution < 1.29 is 14.7 Å². The molecule has 0 bridgehead atoms. The Morgan fingerprint density at radius 2 is 1.76 bits per heavy atom. The highest BCUT2D eigenvalue weighted by atomic mass is 16.4. The molecule has 2 heterocycles. The van der Waals surface area contributed by atoms with E-state index in [2.05, 4.69) is 15.1 Å². The Hall–Kier alpha value is -1.14. The van der Waals surface area contributed by atoms with Crippen molar-refractivity contribution in [3.05, 3.63) is 0 Å². The van der Waals surface area contributed by atoms with Gasteiger partial charge < -0.3 is 10.4 Å². The van der Waals surface area contributed by atoms with Crippen molar-refractivity contribution in [2.45, 2.75) is 56.7 Å². The summed E-state index contributed by atoms with van der Waals surface area (Å²) in [6, 6.07) is 0.507. The molecule has 6 nitrogen and oxygen atoms in total. The average molecular weight is 295 g/mol. The summed E-state index contributed by atoms with van der Waals surface area (Å²) in [7, 11) is 0. The van der Waals surface area contributed by atoms with E-state index in [1.165, 1.54) is 0 Å². The van der Waals surface area contributed by atoms with Gasteiger partial charge in [0.2, 0.25) is 5.91 Å². The molecular formula is C15H25N3O3. The molecule has 0 spiro atoms. The zero-order chi connectivity index (χ0) is 14.8. The van der Waals surface area contributed by atoms with E-state index in [1.807, 2.05) is 0 Å². The summed E-state index contributed by atoms with van der Waals surface area (Å²) in [4.78, 5) is 27.4. The molecule has 6 heteroatoms. The first-order chi connectivity index (χ1) is 10.1. The van der Waals surface area contributed by atoms with E-state index < -0.39 is 5.97 Å². The van der Waals surface area contributed by atoms with Crippen molar-refractivity contribution in [1.82, 2.24) is 15.1 Å². The summed E-state index contributed by atoms with van der Waals surface area (Å²) in [5.41, 5.74) is 0. The Morgan fingerprint density at radius 3 is 2.38 bits per heavy atom. The number of hydrogen-bond donors (Lipinski definition) is 2. The fourth-order valence-corrected chi connectivity index (χ4v) is 3.60. The van der Waals surface area contributed by atoms with Crippen LogP contribution >= 0.6 is 0 Å². The molecule has 21 heavy (non-hydrogen) atoms. The number of carboxylic acids is 1. The van der Waals surface area contributed by atoms with Crippen molar-refractivity contribution in [2.24, 2.45) is 0 Å². The molecule has 1 aliphatic carbocycles. The number of carboxylic acid groups (broad SMARTS) is 1. The first kappa shape index (κ1) is 14.8. The molecule has 118 valence electrons. The molecule has 3 aliphatic rings. The quantitative estimate of drug-likeness (QED) is 0.762. The van der Waals surface area contributed by atoms with Crippen LogP contribution in [0.5, 0.6) is 0 Å². The standard InChI is InChI=1S/C15H25N3O3/c19-14(16-11-3-4-11)10-17-8-5-12(6-9-17)18-7-1-2-13(18)15(20)21/h11-13H,1-10H2,(H,16,19)(H,20,21). The SMILES string of the molecule is O=C(CN1CCC(N2CCCC2C(=O)O)CC1)NC1CC1. The number of carbonyl (C=O) groups is 2. The van der Waals surface area contributed by atoms with Crippen molar-refractivity contribution in [1.29, 1.82) is 0 Å². The predicted molar refractivity (Wildman–Crippen MR) is 78.0 cm³/mol. The maximum absolute atomic E-state index is 11.8. The van der Waals surface area contributed by atoms with E-state index in [0.717, 1.165) is 58.2 Å². The molecule has 2 aliphatic heterocycles. The minimum atomic E-state index is -0.682. The lowest BCUT2D eigenvalue weighted by atomic mass is 10.0. The van der Waals surface area contributed by atoms with Gasteiger partial charge in [-0.05, 0) is 45.1 Å². The molecule has 3 rings (SSSR count). The summed E-state index contributed by atoms with van der Waals surface area (Å²) in [6.07, 6.45) is 5.96. The number of nitrogens with one attached hydrogen (secondary N) is 1. The van der Waals surface area contributed by atoms with Crippen LogP contribution in [0.2, 0.25) is 0 Å². The van der Waals surface area contributed by atoms with E-state index in [4.69, 9.17) is 0 Å². The number of nitrogens with zero attached hydrogens (tertiary/aromatic N) is 2. The fourth-order valence-electron chi connectivity index (χ4n) is 3.60. The Morgan fingerprint density at radius 1 is 1.05 bits per heavy atom. The van der Waals surface area contributed by atoms with Crippen LogP contribution in [0.25, 0.3) is 0 Å².